The van der Waals surface area contributed by atoms with Crippen molar-refractivity contribution in [2.45, 2.75) is 44.4 Å². The van der Waals surface area contributed by atoms with Gasteiger partial charge in [-0.05, 0) is 12.3 Å². The smallest absolute Gasteiger partial charge is 0.326 e. The number of ether oxygens (including phenoxy) is 1. The van der Waals surface area contributed by atoms with Crippen molar-refractivity contribution in [2.75, 3.05) is 13.7 Å². The van der Waals surface area contributed by atoms with Gasteiger partial charge < -0.3 is 20.1 Å². The molecule has 6 heteroatoms. The Balaban J connectivity index is 1.93. The van der Waals surface area contributed by atoms with Crippen LogP contribution in [0.2, 0.25) is 0 Å². The van der Waals surface area contributed by atoms with E-state index in [1.165, 1.54) is 4.90 Å². The Kier molecular flexibility index (Phi) is 3.75. The molecule has 1 heterocycles. The Hall–Kier alpha value is -1.30. The molecule has 2 amide bonds. The summed E-state index contributed by atoms with van der Waals surface area (Å²) in [5, 5.41) is 12.0. The molecule has 0 aromatic heterocycles. The molecule has 6 nitrogen and oxygen atoms in total. The first-order valence-electron chi connectivity index (χ1n) is 6.39. The molecular formula is C12H20N2O4. The second kappa shape index (κ2) is 5.14. The molecule has 2 N–H and O–H groups in total. The van der Waals surface area contributed by atoms with E-state index in [0.717, 1.165) is 12.8 Å². The number of hydrogen-bond acceptors (Lipinski definition) is 3. The van der Waals surface area contributed by atoms with Crippen LogP contribution in [0.15, 0.2) is 0 Å². The Bertz CT molecular complexity index is 347. The molecule has 102 valence electrons. The first-order valence-corrected chi connectivity index (χ1v) is 6.39. The SMILES string of the molecule is CCC1CC1NC(=O)N1CC(OC)CC1C(=O)O. The third kappa shape index (κ3) is 2.58. The molecule has 2 aliphatic rings. The first-order chi connectivity index (χ1) is 8.56. The first kappa shape index (κ1) is 13.1. The molecule has 2 fully saturated rings. The van der Waals surface area contributed by atoms with Crippen LogP contribution in [0.25, 0.3) is 0 Å². The lowest BCUT2D eigenvalue weighted by Crippen LogP contribution is -2.47. The van der Waals surface area contributed by atoms with E-state index >= 15 is 0 Å². The van der Waals surface area contributed by atoms with Gasteiger partial charge in [0.15, 0.2) is 0 Å². The molecular weight excluding hydrogens is 236 g/mol. The van der Waals surface area contributed by atoms with Gasteiger partial charge in [0.05, 0.1) is 6.10 Å². The molecule has 4 unspecified atom stereocenters. The quantitative estimate of drug-likeness (QED) is 0.775. The third-order valence-electron chi connectivity index (χ3n) is 3.90. The highest BCUT2D eigenvalue weighted by molar-refractivity contribution is 5.83. The van der Waals surface area contributed by atoms with Crippen molar-refractivity contribution in [3.63, 3.8) is 0 Å². The number of nitrogens with one attached hydrogen (secondary N) is 1. The van der Waals surface area contributed by atoms with Crippen LogP contribution in [0, 0.1) is 5.92 Å². The van der Waals surface area contributed by atoms with Gasteiger partial charge in [-0.15, -0.1) is 0 Å². The van der Waals surface area contributed by atoms with E-state index in [0.29, 0.717) is 18.9 Å². The van der Waals surface area contributed by atoms with Crippen LogP contribution in [0.4, 0.5) is 4.79 Å². The molecule has 1 aliphatic heterocycles. The van der Waals surface area contributed by atoms with Crippen molar-refractivity contribution in [3.05, 3.63) is 0 Å². The minimum Gasteiger partial charge on any atom is -0.480 e. The van der Waals surface area contributed by atoms with Crippen molar-refractivity contribution >= 4 is 12.0 Å². The number of urea groups is 1. The maximum absolute atomic E-state index is 12.0. The fraction of sp³-hybridized carbons (Fsp3) is 0.833. The number of carbonyl (C=O) groups is 2. The Labute approximate surface area is 106 Å². The van der Waals surface area contributed by atoms with Gasteiger partial charge in [-0.2, -0.15) is 0 Å². The summed E-state index contributed by atoms with van der Waals surface area (Å²) in [6.45, 7) is 2.44. The summed E-state index contributed by atoms with van der Waals surface area (Å²) in [6.07, 6.45) is 2.23. The zero-order valence-corrected chi connectivity index (χ0v) is 10.8. The predicted octanol–water partition coefficient (Wildman–Crippen LogP) is 0.668. The summed E-state index contributed by atoms with van der Waals surface area (Å²) in [5.41, 5.74) is 0. The van der Waals surface area contributed by atoms with Gasteiger partial charge in [0.2, 0.25) is 0 Å². The van der Waals surface area contributed by atoms with Crippen LogP contribution >= 0.6 is 0 Å². The Morgan fingerprint density at radius 3 is 2.67 bits per heavy atom. The van der Waals surface area contributed by atoms with Gasteiger partial charge in [-0.1, -0.05) is 13.3 Å². The van der Waals surface area contributed by atoms with E-state index in [1.54, 1.807) is 7.11 Å². The number of carboxylic acids is 1. The van der Waals surface area contributed by atoms with E-state index in [9.17, 15) is 9.59 Å². The van der Waals surface area contributed by atoms with Crippen LogP contribution in [0.1, 0.15) is 26.2 Å². The lowest BCUT2D eigenvalue weighted by Gasteiger charge is -2.21. The van der Waals surface area contributed by atoms with Crippen molar-refractivity contribution in [1.82, 2.24) is 10.2 Å². The van der Waals surface area contributed by atoms with Gasteiger partial charge in [0.1, 0.15) is 6.04 Å². The van der Waals surface area contributed by atoms with Crippen molar-refractivity contribution in [1.29, 1.82) is 0 Å². The zero-order valence-electron chi connectivity index (χ0n) is 10.8. The van der Waals surface area contributed by atoms with Crippen molar-refractivity contribution < 1.29 is 19.4 Å². The summed E-state index contributed by atoms with van der Waals surface area (Å²) in [5.74, 6) is -0.411. The fourth-order valence-electron chi connectivity index (χ4n) is 2.54. The normalized spacial score (nSPS) is 34.4. The number of aliphatic carboxylic acids is 1. The summed E-state index contributed by atoms with van der Waals surface area (Å²) in [7, 11) is 1.54. The number of carbonyl (C=O) groups excluding carboxylic acids is 1. The molecule has 4 atom stereocenters. The van der Waals surface area contributed by atoms with Crippen molar-refractivity contribution in [3.8, 4) is 0 Å². The molecule has 0 aromatic rings. The summed E-state index contributed by atoms with van der Waals surface area (Å²) >= 11 is 0. The lowest BCUT2D eigenvalue weighted by atomic mass is 10.2. The fourth-order valence-corrected chi connectivity index (χ4v) is 2.54. The number of amides is 2. The highest BCUT2D eigenvalue weighted by atomic mass is 16.5. The maximum atomic E-state index is 12.0. The minimum atomic E-state index is -0.965. The van der Waals surface area contributed by atoms with E-state index in [2.05, 4.69) is 12.2 Å². The second-order valence-electron chi connectivity index (χ2n) is 5.06. The number of nitrogens with zero attached hydrogens (tertiary/aromatic N) is 1. The highest BCUT2D eigenvalue weighted by Gasteiger charge is 2.43. The Morgan fingerprint density at radius 1 is 1.44 bits per heavy atom. The minimum absolute atomic E-state index is 0.182. The zero-order chi connectivity index (χ0) is 13.3. The summed E-state index contributed by atoms with van der Waals surface area (Å²) in [4.78, 5) is 24.5. The van der Waals surface area contributed by atoms with E-state index in [4.69, 9.17) is 9.84 Å². The molecule has 1 saturated heterocycles. The molecule has 0 spiro atoms. The number of rotatable bonds is 4. The average molecular weight is 256 g/mol. The lowest BCUT2D eigenvalue weighted by molar-refractivity contribution is -0.141. The molecule has 1 aliphatic carbocycles. The van der Waals surface area contributed by atoms with Crippen LogP contribution in [0.3, 0.4) is 0 Å². The number of hydrogen-bond donors (Lipinski definition) is 2. The molecule has 1 saturated carbocycles. The largest absolute Gasteiger partial charge is 0.480 e. The molecule has 18 heavy (non-hydrogen) atoms. The van der Waals surface area contributed by atoms with E-state index < -0.39 is 12.0 Å². The van der Waals surface area contributed by atoms with Crippen LogP contribution in [0.5, 0.6) is 0 Å². The van der Waals surface area contributed by atoms with Crippen LogP contribution in [-0.2, 0) is 9.53 Å². The van der Waals surface area contributed by atoms with Gasteiger partial charge in [0, 0.05) is 26.1 Å². The Morgan fingerprint density at radius 2 is 2.17 bits per heavy atom. The van der Waals surface area contributed by atoms with E-state index in [-0.39, 0.29) is 18.2 Å². The molecule has 0 aromatic carbocycles. The van der Waals surface area contributed by atoms with Gasteiger partial charge in [0.25, 0.3) is 0 Å². The average Bonchev–Trinajstić information content (AvgIpc) is 2.93. The second-order valence-corrected chi connectivity index (χ2v) is 5.06. The van der Waals surface area contributed by atoms with Gasteiger partial charge >= 0.3 is 12.0 Å². The predicted molar refractivity (Wildman–Crippen MR) is 64.3 cm³/mol. The molecule has 0 bridgehead atoms. The summed E-state index contributed by atoms with van der Waals surface area (Å²) in [6, 6.07) is -0.824. The number of carboxylic acid groups (broad SMARTS) is 1. The molecule has 0 radical (unpaired) electrons. The van der Waals surface area contributed by atoms with Crippen molar-refractivity contribution in [2.24, 2.45) is 5.92 Å². The van der Waals surface area contributed by atoms with Crippen LogP contribution < -0.4 is 5.32 Å². The number of likely N-dealkylation sites (tertiary alicyclic amines) is 1. The highest BCUT2D eigenvalue weighted by Crippen LogP contribution is 2.33. The monoisotopic (exact) mass is 256 g/mol. The van der Waals surface area contributed by atoms with E-state index in [1.807, 2.05) is 0 Å². The maximum Gasteiger partial charge on any atom is 0.326 e. The molecule has 2 rings (SSSR count). The topological polar surface area (TPSA) is 78.9 Å². The third-order valence-corrected chi connectivity index (χ3v) is 3.90. The number of methoxy groups -OCH3 is 1. The standard InChI is InChI=1S/C12H20N2O4/c1-3-7-4-9(7)13-12(17)14-6-8(18-2)5-10(14)11(15)16/h7-10H,3-6H2,1-2H3,(H,13,17)(H,15,16). The van der Waals surface area contributed by atoms with Gasteiger partial charge in [-0.25, -0.2) is 9.59 Å². The van der Waals surface area contributed by atoms with Crippen LogP contribution in [-0.4, -0.2) is 53.8 Å². The van der Waals surface area contributed by atoms with Gasteiger partial charge in [-0.3, -0.25) is 0 Å². The summed E-state index contributed by atoms with van der Waals surface area (Å²) < 4.78 is 5.15.